The van der Waals surface area contributed by atoms with Gasteiger partial charge in [-0.1, -0.05) is 17.7 Å². The van der Waals surface area contributed by atoms with Crippen LogP contribution in [0.4, 0.5) is 15.8 Å². The Labute approximate surface area is 121 Å². The number of rotatable bonds is 4. The second kappa shape index (κ2) is 5.92. The molecule has 0 unspecified atom stereocenters. The Balaban J connectivity index is 2.09. The van der Waals surface area contributed by atoms with Crippen LogP contribution in [-0.2, 0) is 6.54 Å². The molecule has 2 aromatic rings. The molecule has 104 valence electrons. The number of carbonyl (C=O) groups is 1. The summed E-state index contributed by atoms with van der Waals surface area (Å²) in [6.07, 6.45) is 0. The summed E-state index contributed by atoms with van der Waals surface area (Å²) < 4.78 is 13.0. The maximum absolute atomic E-state index is 13.0. The first-order valence-electron chi connectivity index (χ1n) is 6.05. The largest absolute Gasteiger partial charge is 0.398 e. The van der Waals surface area contributed by atoms with Crippen molar-refractivity contribution in [1.82, 2.24) is 0 Å². The molecule has 0 atom stereocenters. The van der Waals surface area contributed by atoms with Crippen LogP contribution in [0, 0.1) is 5.82 Å². The molecule has 3 N–H and O–H groups in total. The van der Waals surface area contributed by atoms with E-state index in [9.17, 15) is 9.18 Å². The highest BCUT2D eigenvalue weighted by Crippen LogP contribution is 2.20. The van der Waals surface area contributed by atoms with Crippen molar-refractivity contribution < 1.29 is 9.18 Å². The minimum Gasteiger partial charge on any atom is -0.398 e. The number of hydrogen-bond donors (Lipinski definition) is 2. The lowest BCUT2D eigenvalue weighted by atomic mass is 10.1. The van der Waals surface area contributed by atoms with Crippen molar-refractivity contribution in [2.75, 3.05) is 11.1 Å². The van der Waals surface area contributed by atoms with Crippen molar-refractivity contribution in [1.29, 1.82) is 0 Å². The third-order valence-corrected chi connectivity index (χ3v) is 3.20. The first-order valence-corrected chi connectivity index (χ1v) is 6.43. The zero-order valence-corrected chi connectivity index (χ0v) is 11.7. The summed E-state index contributed by atoms with van der Waals surface area (Å²) in [4.78, 5) is 11.3. The van der Waals surface area contributed by atoms with Crippen LogP contribution in [0.2, 0.25) is 5.02 Å². The van der Waals surface area contributed by atoms with Crippen molar-refractivity contribution in [3.05, 3.63) is 58.4 Å². The van der Waals surface area contributed by atoms with Gasteiger partial charge >= 0.3 is 0 Å². The summed E-state index contributed by atoms with van der Waals surface area (Å²) in [5.74, 6) is -0.509. The zero-order valence-electron chi connectivity index (χ0n) is 10.9. The van der Waals surface area contributed by atoms with E-state index in [1.165, 1.54) is 13.0 Å². The number of Topliss-reactive ketones (excluding diaryl/α,β-unsaturated/α-hetero) is 1. The maximum Gasteiger partial charge on any atom is 0.161 e. The maximum atomic E-state index is 13.0. The summed E-state index contributed by atoms with van der Waals surface area (Å²) in [6, 6.07) is 9.70. The van der Waals surface area contributed by atoms with Gasteiger partial charge in [-0.05, 0) is 42.8 Å². The van der Waals surface area contributed by atoms with E-state index in [1.807, 2.05) is 0 Å². The predicted octanol–water partition coefficient (Wildman–Crippen LogP) is 3.88. The van der Waals surface area contributed by atoms with Gasteiger partial charge in [0.2, 0.25) is 0 Å². The zero-order chi connectivity index (χ0) is 14.7. The number of nitrogen functional groups attached to an aromatic ring is 1. The van der Waals surface area contributed by atoms with E-state index in [-0.39, 0.29) is 10.8 Å². The lowest BCUT2D eigenvalue weighted by Crippen LogP contribution is -2.03. The first-order chi connectivity index (χ1) is 9.47. The van der Waals surface area contributed by atoms with Crippen LogP contribution in [0.25, 0.3) is 0 Å². The normalized spacial score (nSPS) is 10.3. The number of hydrogen-bond acceptors (Lipinski definition) is 3. The molecule has 0 amide bonds. The fourth-order valence-corrected chi connectivity index (χ4v) is 2.05. The molecular weight excluding hydrogens is 279 g/mol. The molecule has 0 aliphatic heterocycles. The first kappa shape index (κ1) is 14.3. The fraction of sp³-hybridized carbons (Fsp3) is 0.133. The lowest BCUT2D eigenvalue weighted by molar-refractivity contribution is 0.101. The molecule has 2 aromatic carbocycles. The highest BCUT2D eigenvalue weighted by atomic mass is 35.5. The summed E-state index contributed by atoms with van der Waals surface area (Å²) in [7, 11) is 0. The molecule has 0 radical (unpaired) electrons. The predicted molar refractivity (Wildman–Crippen MR) is 79.6 cm³/mol. The van der Waals surface area contributed by atoms with Crippen LogP contribution in [-0.4, -0.2) is 5.78 Å². The monoisotopic (exact) mass is 292 g/mol. The Bertz CT molecular complexity index is 658. The quantitative estimate of drug-likeness (QED) is 0.664. The molecule has 0 fully saturated rings. The van der Waals surface area contributed by atoms with Crippen molar-refractivity contribution in [2.24, 2.45) is 0 Å². The average molecular weight is 293 g/mol. The van der Waals surface area contributed by atoms with Crippen LogP contribution in [0.15, 0.2) is 36.4 Å². The molecular formula is C15H14ClFN2O. The van der Waals surface area contributed by atoms with E-state index < -0.39 is 5.82 Å². The van der Waals surface area contributed by atoms with E-state index in [2.05, 4.69) is 5.32 Å². The van der Waals surface area contributed by atoms with Gasteiger partial charge in [0.15, 0.2) is 5.78 Å². The number of carbonyl (C=O) groups excluding carboxylic acids is 1. The molecule has 0 aliphatic carbocycles. The number of anilines is 2. The third kappa shape index (κ3) is 3.27. The molecule has 0 bridgehead atoms. The average Bonchev–Trinajstić information content (AvgIpc) is 2.40. The van der Waals surface area contributed by atoms with E-state index in [0.29, 0.717) is 17.8 Å². The Hall–Kier alpha value is -2.07. The van der Waals surface area contributed by atoms with Crippen LogP contribution < -0.4 is 11.1 Å². The van der Waals surface area contributed by atoms with E-state index >= 15 is 0 Å². The lowest BCUT2D eigenvalue weighted by Gasteiger charge is -2.09. The Morgan fingerprint density at radius 2 is 2.05 bits per heavy atom. The Morgan fingerprint density at radius 3 is 2.65 bits per heavy atom. The van der Waals surface area contributed by atoms with Gasteiger partial charge in [0.25, 0.3) is 0 Å². The molecule has 3 nitrogen and oxygen atoms in total. The summed E-state index contributed by atoms with van der Waals surface area (Å²) >= 11 is 5.72. The van der Waals surface area contributed by atoms with E-state index in [0.717, 1.165) is 11.3 Å². The van der Waals surface area contributed by atoms with Crippen molar-refractivity contribution in [2.45, 2.75) is 13.5 Å². The molecule has 0 heterocycles. The fourth-order valence-electron chi connectivity index (χ4n) is 1.85. The number of nitrogens with one attached hydrogen (secondary N) is 1. The Kier molecular flexibility index (Phi) is 4.25. The molecule has 0 saturated heterocycles. The van der Waals surface area contributed by atoms with Gasteiger partial charge in [-0.25, -0.2) is 4.39 Å². The van der Waals surface area contributed by atoms with E-state index in [4.69, 9.17) is 17.3 Å². The van der Waals surface area contributed by atoms with Crippen molar-refractivity contribution >= 4 is 28.8 Å². The van der Waals surface area contributed by atoms with Crippen LogP contribution in [0.5, 0.6) is 0 Å². The second-order valence-electron chi connectivity index (χ2n) is 4.46. The molecule has 5 heteroatoms. The number of nitrogens with two attached hydrogens (primary N) is 1. The second-order valence-corrected chi connectivity index (χ2v) is 4.87. The molecule has 20 heavy (non-hydrogen) atoms. The highest BCUT2D eigenvalue weighted by Gasteiger charge is 2.05. The summed E-state index contributed by atoms with van der Waals surface area (Å²) in [6.45, 7) is 1.96. The number of benzene rings is 2. The standard InChI is InChI=1S/C15H14ClFN2O/c1-9(20)12-4-3-11(7-15(12)18)19-8-10-2-5-14(17)13(16)6-10/h2-7,19H,8,18H2,1H3. The van der Waals surface area contributed by atoms with Crippen LogP contribution in [0.1, 0.15) is 22.8 Å². The minimum atomic E-state index is -0.439. The van der Waals surface area contributed by atoms with Gasteiger partial charge in [-0.15, -0.1) is 0 Å². The highest BCUT2D eigenvalue weighted by molar-refractivity contribution is 6.30. The van der Waals surface area contributed by atoms with Crippen molar-refractivity contribution in [3.63, 3.8) is 0 Å². The van der Waals surface area contributed by atoms with Gasteiger partial charge < -0.3 is 11.1 Å². The van der Waals surface area contributed by atoms with Gasteiger partial charge in [0, 0.05) is 23.5 Å². The molecule has 0 aliphatic rings. The Morgan fingerprint density at radius 1 is 1.30 bits per heavy atom. The number of halogens is 2. The van der Waals surface area contributed by atoms with Crippen LogP contribution >= 0.6 is 11.6 Å². The molecule has 0 saturated carbocycles. The van der Waals surface area contributed by atoms with Gasteiger partial charge in [0.1, 0.15) is 5.82 Å². The van der Waals surface area contributed by atoms with Gasteiger partial charge in [-0.3, -0.25) is 4.79 Å². The summed E-state index contributed by atoms with van der Waals surface area (Å²) in [5.41, 5.74) is 8.37. The van der Waals surface area contributed by atoms with E-state index in [1.54, 1.807) is 30.3 Å². The third-order valence-electron chi connectivity index (χ3n) is 2.91. The minimum absolute atomic E-state index is 0.0700. The van der Waals surface area contributed by atoms with Gasteiger partial charge in [-0.2, -0.15) is 0 Å². The molecule has 2 rings (SSSR count). The van der Waals surface area contributed by atoms with Gasteiger partial charge in [0.05, 0.1) is 5.02 Å². The molecule has 0 aromatic heterocycles. The van der Waals surface area contributed by atoms with Crippen LogP contribution in [0.3, 0.4) is 0 Å². The summed E-state index contributed by atoms with van der Waals surface area (Å²) in [5, 5.41) is 3.24. The topological polar surface area (TPSA) is 55.1 Å². The molecule has 0 spiro atoms. The smallest absolute Gasteiger partial charge is 0.161 e. The van der Waals surface area contributed by atoms with Crippen molar-refractivity contribution in [3.8, 4) is 0 Å². The SMILES string of the molecule is CC(=O)c1ccc(NCc2ccc(F)c(Cl)c2)cc1N. The number of ketones is 1.